The van der Waals surface area contributed by atoms with Crippen molar-refractivity contribution in [3.05, 3.63) is 41.0 Å². The van der Waals surface area contributed by atoms with E-state index in [-0.39, 0.29) is 0 Å². The predicted molar refractivity (Wildman–Crippen MR) is 63.2 cm³/mol. The SMILES string of the molecule is COC[C](C)OOC(=O)c1c(C)cccc1C. The van der Waals surface area contributed by atoms with E-state index in [1.165, 1.54) is 0 Å². The van der Waals surface area contributed by atoms with Crippen molar-refractivity contribution < 1.29 is 19.3 Å². The molecule has 0 spiro atoms. The summed E-state index contributed by atoms with van der Waals surface area (Å²) in [6.07, 6.45) is 0.493. The minimum absolute atomic E-state index is 0.292. The highest BCUT2D eigenvalue weighted by Gasteiger charge is 2.16. The van der Waals surface area contributed by atoms with Crippen molar-refractivity contribution in [2.75, 3.05) is 13.7 Å². The Morgan fingerprint density at radius 2 is 1.76 bits per heavy atom. The maximum absolute atomic E-state index is 11.8. The smallest absolute Gasteiger partial charge is 0.373 e. The van der Waals surface area contributed by atoms with Gasteiger partial charge in [0.05, 0.1) is 12.2 Å². The first-order valence-corrected chi connectivity index (χ1v) is 5.32. The lowest BCUT2D eigenvalue weighted by molar-refractivity contribution is -0.237. The van der Waals surface area contributed by atoms with Crippen LogP contribution in [0.4, 0.5) is 0 Å². The third kappa shape index (κ3) is 3.84. The Kier molecular flexibility index (Phi) is 5.12. The molecule has 4 heteroatoms. The van der Waals surface area contributed by atoms with E-state index in [0.29, 0.717) is 18.3 Å². The summed E-state index contributed by atoms with van der Waals surface area (Å²) in [5.41, 5.74) is 2.27. The number of carbonyl (C=O) groups is 1. The monoisotopic (exact) mass is 237 g/mol. The average molecular weight is 237 g/mol. The maximum atomic E-state index is 11.8. The van der Waals surface area contributed by atoms with E-state index in [0.717, 1.165) is 11.1 Å². The molecule has 0 fully saturated rings. The number of ether oxygens (including phenoxy) is 1. The molecule has 4 nitrogen and oxygen atoms in total. The van der Waals surface area contributed by atoms with Crippen molar-refractivity contribution in [2.24, 2.45) is 0 Å². The van der Waals surface area contributed by atoms with Crippen molar-refractivity contribution in [2.45, 2.75) is 20.8 Å². The van der Waals surface area contributed by atoms with Gasteiger partial charge in [0.1, 0.15) is 0 Å². The van der Waals surface area contributed by atoms with Crippen LogP contribution >= 0.6 is 0 Å². The van der Waals surface area contributed by atoms with Gasteiger partial charge in [0.25, 0.3) is 0 Å². The third-order valence-corrected chi connectivity index (χ3v) is 2.29. The molecule has 1 aromatic carbocycles. The summed E-state index contributed by atoms with van der Waals surface area (Å²) in [7, 11) is 1.54. The summed E-state index contributed by atoms with van der Waals surface area (Å²) < 4.78 is 4.84. The largest absolute Gasteiger partial charge is 0.381 e. The van der Waals surface area contributed by atoms with Gasteiger partial charge in [-0.3, -0.25) is 4.89 Å². The average Bonchev–Trinajstić information content (AvgIpc) is 2.26. The van der Waals surface area contributed by atoms with Crippen molar-refractivity contribution in [3.8, 4) is 0 Å². The highest BCUT2D eigenvalue weighted by Crippen LogP contribution is 2.15. The van der Waals surface area contributed by atoms with Crippen LogP contribution in [-0.4, -0.2) is 19.7 Å². The first kappa shape index (κ1) is 13.7. The van der Waals surface area contributed by atoms with Crippen LogP contribution in [0.25, 0.3) is 0 Å². The number of carbonyl (C=O) groups excluding carboxylic acids is 1. The first-order valence-electron chi connectivity index (χ1n) is 5.32. The summed E-state index contributed by atoms with van der Waals surface area (Å²) in [5, 5.41) is 0. The molecule has 17 heavy (non-hydrogen) atoms. The lowest BCUT2D eigenvalue weighted by Gasteiger charge is -2.11. The summed E-state index contributed by atoms with van der Waals surface area (Å²) in [4.78, 5) is 21.4. The molecule has 0 saturated carbocycles. The van der Waals surface area contributed by atoms with Crippen LogP contribution in [0.3, 0.4) is 0 Å². The molecule has 1 rings (SSSR count). The van der Waals surface area contributed by atoms with Crippen LogP contribution in [0, 0.1) is 20.0 Å². The van der Waals surface area contributed by atoms with Gasteiger partial charge in [-0.1, -0.05) is 18.2 Å². The van der Waals surface area contributed by atoms with Crippen LogP contribution in [0.15, 0.2) is 18.2 Å². The lowest BCUT2D eigenvalue weighted by Crippen LogP contribution is -2.13. The van der Waals surface area contributed by atoms with E-state index in [2.05, 4.69) is 0 Å². The van der Waals surface area contributed by atoms with Gasteiger partial charge in [-0.25, -0.2) is 4.79 Å². The van der Waals surface area contributed by atoms with Gasteiger partial charge < -0.3 is 4.74 Å². The fraction of sp³-hybridized carbons (Fsp3) is 0.385. The van der Waals surface area contributed by atoms with Crippen molar-refractivity contribution >= 4 is 5.97 Å². The minimum Gasteiger partial charge on any atom is -0.381 e. The maximum Gasteiger partial charge on any atom is 0.373 e. The van der Waals surface area contributed by atoms with E-state index < -0.39 is 5.97 Å². The zero-order valence-corrected chi connectivity index (χ0v) is 10.6. The van der Waals surface area contributed by atoms with Crippen LogP contribution in [0.5, 0.6) is 0 Å². The molecule has 0 N–H and O–H groups in total. The Balaban J connectivity index is 2.64. The molecule has 0 atom stereocenters. The molecule has 0 aliphatic rings. The molecule has 0 unspecified atom stereocenters. The number of hydrogen-bond donors (Lipinski definition) is 0. The standard InChI is InChI=1S/C13H17O4/c1-9-6-5-7-10(2)12(9)13(14)17-16-11(3)8-15-4/h5-7H,8H2,1-4H3. The summed E-state index contributed by atoms with van der Waals surface area (Å²) in [6, 6.07) is 5.61. The van der Waals surface area contributed by atoms with Crippen LogP contribution in [-0.2, 0) is 14.5 Å². The second-order valence-electron chi connectivity index (χ2n) is 3.86. The molecule has 0 heterocycles. The summed E-state index contributed by atoms with van der Waals surface area (Å²) in [6.45, 7) is 5.69. The highest BCUT2D eigenvalue weighted by molar-refractivity contribution is 5.92. The van der Waals surface area contributed by atoms with Crippen molar-refractivity contribution in [3.63, 3.8) is 0 Å². The van der Waals surface area contributed by atoms with E-state index >= 15 is 0 Å². The van der Waals surface area contributed by atoms with Gasteiger partial charge in [0.15, 0.2) is 6.10 Å². The van der Waals surface area contributed by atoms with E-state index in [9.17, 15) is 4.79 Å². The second-order valence-corrected chi connectivity index (χ2v) is 3.86. The quantitative estimate of drug-likeness (QED) is 0.583. The molecule has 0 saturated heterocycles. The topological polar surface area (TPSA) is 44.8 Å². The van der Waals surface area contributed by atoms with E-state index in [4.69, 9.17) is 14.5 Å². The lowest BCUT2D eigenvalue weighted by atomic mass is 10.0. The number of methoxy groups -OCH3 is 1. The molecule has 93 valence electrons. The number of aryl methyl sites for hydroxylation is 2. The second kappa shape index (κ2) is 6.37. The molecule has 0 amide bonds. The van der Waals surface area contributed by atoms with Gasteiger partial charge in [-0.2, -0.15) is 4.89 Å². The Morgan fingerprint density at radius 1 is 1.18 bits per heavy atom. The fourth-order valence-electron chi connectivity index (χ4n) is 1.51. The molecule has 1 aromatic rings. The Labute approximate surface area is 101 Å². The number of hydrogen-bond acceptors (Lipinski definition) is 4. The van der Waals surface area contributed by atoms with Crippen molar-refractivity contribution in [1.29, 1.82) is 0 Å². The Morgan fingerprint density at radius 3 is 2.29 bits per heavy atom. The van der Waals surface area contributed by atoms with Gasteiger partial charge >= 0.3 is 5.97 Å². The van der Waals surface area contributed by atoms with Crippen molar-refractivity contribution in [1.82, 2.24) is 0 Å². The molecule has 1 radical (unpaired) electrons. The minimum atomic E-state index is -0.490. The molecule has 0 bridgehead atoms. The Bertz CT molecular complexity index is 367. The molecular formula is C13H17O4. The highest BCUT2D eigenvalue weighted by atomic mass is 17.2. The van der Waals surface area contributed by atoms with E-state index in [1.807, 2.05) is 32.0 Å². The third-order valence-electron chi connectivity index (χ3n) is 2.29. The normalized spacial score (nSPS) is 10.6. The molecular weight excluding hydrogens is 220 g/mol. The van der Waals surface area contributed by atoms with Crippen LogP contribution < -0.4 is 0 Å². The number of benzene rings is 1. The molecule has 0 aliphatic heterocycles. The first-order chi connectivity index (χ1) is 8.06. The molecule has 0 aromatic heterocycles. The zero-order chi connectivity index (χ0) is 12.8. The molecule has 0 aliphatic carbocycles. The van der Waals surface area contributed by atoms with Gasteiger partial charge in [-0.05, 0) is 31.9 Å². The van der Waals surface area contributed by atoms with Gasteiger partial charge in [0.2, 0.25) is 0 Å². The van der Waals surface area contributed by atoms with Gasteiger partial charge in [0, 0.05) is 7.11 Å². The zero-order valence-electron chi connectivity index (χ0n) is 10.6. The predicted octanol–water partition coefficient (Wildman–Crippen LogP) is 2.59. The number of rotatable bonds is 5. The Hall–Kier alpha value is -1.39. The van der Waals surface area contributed by atoms with Gasteiger partial charge in [-0.15, -0.1) is 0 Å². The summed E-state index contributed by atoms with van der Waals surface area (Å²) in [5.74, 6) is -0.490. The van der Waals surface area contributed by atoms with E-state index in [1.54, 1.807) is 14.0 Å². The summed E-state index contributed by atoms with van der Waals surface area (Å²) >= 11 is 0. The van der Waals surface area contributed by atoms with Crippen LogP contribution in [0.1, 0.15) is 28.4 Å². The van der Waals surface area contributed by atoms with Crippen LogP contribution in [0.2, 0.25) is 0 Å². The fourth-order valence-corrected chi connectivity index (χ4v) is 1.51.